The molecule has 2 atom stereocenters. The number of hydrogen-bond donors (Lipinski definition) is 3. The Morgan fingerprint density at radius 3 is 1.83 bits per heavy atom. The lowest BCUT2D eigenvalue weighted by molar-refractivity contribution is 0.0935. The average Bonchev–Trinajstić information content (AvgIpc) is 3.03. The van der Waals surface area contributed by atoms with Gasteiger partial charge in [0.1, 0.15) is 0 Å². The van der Waals surface area contributed by atoms with E-state index in [2.05, 4.69) is 101 Å². The first kappa shape index (κ1) is 29.1. The predicted molar refractivity (Wildman–Crippen MR) is 172 cm³/mol. The molecule has 0 saturated carbocycles. The van der Waals surface area contributed by atoms with Crippen molar-refractivity contribution >= 4 is 27.5 Å². The Balaban J connectivity index is 1.38. The highest BCUT2D eigenvalue weighted by molar-refractivity contribution is 5.95. The van der Waals surface area contributed by atoms with E-state index in [4.69, 9.17) is 9.47 Å². The second-order valence-corrected chi connectivity index (χ2v) is 10.6. The zero-order valence-electron chi connectivity index (χ0n) is 24.5. The number of nitrogens with one attached hydrogen (secondary N) is 3. The first-order chi connectivity index (χ1) is 20.6. The van der Waals surface area contributed by atoms with Crippen molar-refractivity contribution in [3.63, 3.8) is 0 Å². The number of methoxy groups -OCH3 is 2. The van der Waals surface area contributed by atoms with E-state index in [0.717, 1.165) is 13.0 Å². The maximum absolute atomic E-state index is 13.5. The molecule has 0 heterocycles. The Morgan fingerprint density at radius 1 is 0.667 bits per heavy atom. The van der Waals surface area contributed by atoms with Gasteiger partial charge in [0.2, 0.25) is 0 Å². The smallest absolute Gasteiger partial charge is 0.251 e. The van der Waals surface area contributed by atoms with Gasteiger partial charge < -0.3 is 25.4 Å². The molecule has 1 amide bonds. The maximum Gasteiger partial charge on any atom is 0.251 e. The topological polar surface area (TPSA) is 71.6 Å². The number of carbonyl (C=O) groups excluding carboxylic acids is 1. The van der Waals surface area contributed by atoms with Crippen molar-refractivity contribution in [3.8, 4) is 11.5 Å². The van der Waals surface area contributed by atoms with Gasteiger partial charge in [-0.3, -0.25) is 4.79 Å². The molecule has 0 fully saturated rings. The van der Waals surface area contributed by atoms with E-state index in [0.29, 0.717) is 30.0 Å². The van der Waals surface area contributed by atoms with Gasteiger partial charge >= 0.3 is 0 Å². The average molecular weight is 562 g/mol. The first-order valence-corrected chi connectivity index (χ1v) is 14.4. The minimum Gasteiger partial charge on any atom is -0.493 e. The molecule has 6 heteroatoms. The van der Waals surface area contributed by atoms with Crippen LogP contribution in [-0.2, 0) is 12.8 Å². The van der Waals surface area contributed by atoms with E-state index in [1.807, 2.05) is 7.05 Å². The van der Waals surface area contributed by atoms with Crippen molar-refractivity contribution in [2.24, 2.45) is 0 Å². The minimum absolute atomic E-state index is 0.150. The lowest BCUT2D eigenvalue weighted by Crippen LogP contribution is -2.48. The first-order valence-electron chi connectivity index (χ1n) is 14.4. The van der Waals surface area contributed by atoms with Gasteiger partial charge in [-0.15, -0.1) is 0 Å². The molecule has 0 aromatic heterocycles. The number of ether oxygens (including phenoxy) is 2. The lowest BCUT2D eigenvalue weighted by atomic mass is 9.97. The van der Waals surface area contributed by atoms with Crippen molar-refractivity contribution in [3.05, 3.63) is 120 Å². The molecule has 0 spiro atoms. The van der Waals surface area contributed by atoms with Crippen molar-refractivity contribution < 1.29 is 14.3 Å². The molecule has 5 aromatic carbocycles. The number of carbonyl (C=O) groups is 1. The molecule has 0 unspecified atom stereocenters. The van der Waals surface area contributed by atoms with Gasteiger partial charge in [0.15, 0.2) is 11.5 Å². The second kappa shape index (κ2) is 14.0. The summed E-state index contributed by atoms with van der Waals surface area (Å²) in [5.41, 5.74) is 3.03. The van der Waals surface area contributed by atoms with Crippen LogP contribution in [0.2, 0.25) is 0 Å². The highest BCUT2D eigenvalue weighted by Gasteiger charge is 2.20. The largest absolute Gasteiger partial charge is 0.493 e. The van der Waals surface area contributed by atoms with Gasteiger partial charge in [-0.1, -0.05) is 84.9 Å². The van der Waals surface area contributed by atoms with E-state index in [1.54, 1.807) is 32.4 Å². The third-order valence-electron chi connectivity index (χ3n) is 7.78. The fourth-order valence-corrected chi connectivity index (χ4v) is 5.66. The van der Waals surface area contributed by atoms with E-state index in [1.165, 1.54) is 32.7 Å². The molecule has 0 aliphatic heterocycles. The third kappa shape index (κ3) is 6.90. The van der Waals surface area contributed by atoms with Crippen LogP contribution in [0, 0.1) is 0 Å². The molecule has 5 aromatic rings. The number of fused-ring (bicyclic) bond motifs is 2. The Hall–Kier alpha value is -4.39. The molecule has 42 heavy (non-hydrogen) atoms. The Morgan fingerprint density at radius 2 is 1.24 bits per heavy atom. The summed E-state index contributed by atoms with van der Waals surface area (Å²) in [5.74, 6) is 0.964. The normalized spacial score (nSPS) is 12.6. The van der Waals surface area contributed by atoms with Crippen molar-refractivity contribution in [1.29, 1.82) is 0 Å². The van der Waals surface area contributed by atoms with Crippen LogP contribution in [0.4, 0.5) is 0 Å². The quantitative estimate of drug-likeness (QED) is 0.170. The summed E-state index contributed by atoms with van der Waals surface area (Å²) in [6, 6.07) is 35.0. The molecule has 216 valence electrons. The molecule has 6 nitrogen and oxygen atoms in total. The number of rotatable bonds is 13. The minimum atomic E-state index is -0.151. The van der Waals surface area contributed by atoms with Crippen molar-refractivity contribution in [2.75, 3.05) is 34.4 Å². The predicted octanol–water partition coefficient (Wildman–Crippen LogP) is 5.77. The van der Waals surface area contributed by atoms with Gasteiger partial charge in [0, 0.05) is 30.7 Å². The number of likely N-dealkylation sites (N-methyl/N-ethyl adjacent to an activating group) is 1. The van der Waals surface area contributed by atoms with Crippen LogP contribution in [-0.4, -0.2) is 52.3 Å². The van der Waals surface area contributed by atoms with Gasteiger partial charge in [0.25, 0.3) is 5.91 Å². The summed E-state index contributed by atoms with van der Waals surface area (Å²) in [4.78, 5) is 13.5. The lowest BCUT2D eigenvalue weighted by Gasteiger charge is -2.25. The summed E-state index contributed by atoms with van der Waals surface area (Å²) in [6.07, 6.45) is 1.56. The van der Waals surface area contributed by atoms with Gasteiger partial charge in [0.05, 0.1) is 14.2 Å². The fraction of sp³-hybridized carbons (Fsp3) is 0.250. The zero-order chi connectivity index (χ0) is 29.3. The Kier molecular flexibility index (Phi) is 9.70. The highest BCUT2D eigenvalue weighted by atomic mass is 16.5. The van der Waals surface area contributed by atoms with Crippen LogP contribution in [0.3, 0.4) is 0 Å². The van der Waals surface area contributed by atoms with Crippen LogP contribution in [0.5, 0.6) is 11.5 Å². The van der Waals surface area contributed by atoms with Crippen LogP contribution in [0.1, 0.15) is 21.5 Å². The summed E-state index contributed by atoms with van der Waals surface area (Å²) < 4.78 is 10.8. The van der Waals surface area contributed by atoms with Crippen LogP contribution in [0.25, 0.3) is 21.5 Å². The molecule has 0 aliphatic carbocycles. The van der Waals surface area contributed by atoms with E-state index in [-0.39, 0.29) is 18.0 Å². The Bertz CT molecular complexity index is 1640. The molecule has 5 rings (SSSR count). The Labute approximate surface area is 248 Å². The molecule has 0 saturated heterocycles. The third-order valence-corrected chi connectivity index (χ3v) is 7.78. The summed E-state index contributed by atoms with van der Waals surface area (Å²) >= 11 is 0. The molecular formula is C36H39N3O3. The standard InChI is InChI=1S/C36H39N3O3/c1-37-23-30(20-27-14-8-12-25-10-4-6-16-32(25)27)38-24-31(21-28-15-9-13-26-11-5-7-17-33(26)28)39-36(40)29-18-19-34(41-2)35(22-29)42-3/h4-19,22,30-31,37-38H,20-21,23-24H2,1-3H3,(H,39,40)/t30-,31+/m1/s1. The van der Waals surface area contributed by atoms with E-state index < -0.39 is 0 Å². The SMILES string of the molecule is CNC[C@@H](Cc1cccc2ccccc12)NC[C@H](Cc1cccc2ccccc12)NC(=O)c1ccc(OC)c(OC)c1. The monoisotopic (exact) mass is 561 g/mol. The summed E-state index contributed by atoms with van der Waals surface area (Å²) in [7, 11) is 5.14. The van der Waals surface area contributed by atoms with Crippen LogP contribution in [0.15, 0.2) is 103 Å². The molecule has 3 N–H and O–H groups in total. The summed E-state index contributed by atoms with van der Waals surface area (Å²) in [5, 5.41) is 15.3. The zero-order valence-corrected chi connectivity index (χ0v) is 24.5. The molecule has 0 aliphatic rings. The second-order valence-electron chi connectivity index (χ2n) is 10.6. The van der Waals surface area contributed by atoms with E-state index in [9.17, 15) is 4.79 Å². The van der Waals surface area contributed by atoms with Crippen LogP contribution < -0.4 is 25.4 Å². The summed E-state index contributed by atoms with van der Waals surface area (Å²) in [6.45, 7) is 1.41. The number of hydrogen-bond acceptors (Lipinski definition) is 5. The van der Waals surface area contributed by atoms with Crippen LogP contribution >= 0.6 is 0 Å². The van der Waals surface area contributed by atoms with Gasteiger partial charge in [-0.2, -0.15) is 0 Å². The maximum atomic E-state index is 13.5. The number of benzene rings is 5. The van der Waals surface area contributed by atoms with Gasteiger partial charge in [-0.05, 0) is 70.8 Å². The van der Waals surface area contributed by atoms with Crippen molar-refractivity contribution in [2.45, 2.75) is 24.9 Å². The fourth-order valence-electron chi connectivity index (χ4n) is 5.66. The molecule has 0 radical (unpaired) electrons. The number of amides is 1. The van der Waals surface area contributed by atoms with E-state index >= 15 is 0 Å². The molecule has 0 bridgehead atoms. The van der Waals surface area contributed by atoms with Crippen molar-refractivity contribution in [1.82, 2.24) is 16.0 Å². The highest BCUT2D eigenvalue weighted by Crippen LogP contribution is 2.28. The van der Waals surface area contributed by atoms with Gasteiger partial charge in [-0.25, -0.2) is 0 Å². The molecular weight excluding hydrogens is 522 g/mol.